The van der Waals surface area contributed by atoms with E-state index in [1.165, 1.54) is 18.5 Å². The minimum atomic E-state index is -1.14. The van der Waals surface area contributed by atoms with E-state index in [1.54, 1.807) is 6.07 Å². The van der Waals surface area contributed by atoms with Crippen LogP contribution in [-0.4, -0.2) is 27.0 Å². The number of carboxylic acid groups (broad SMARTS) is 1. The number of amides is 1. The van der Waals surface area contributed by atoms with Gasteiger partial charge in [-0.2, -0.15) is 0 Å². The number of carboxylic acids is 1. The van der Waals surface area contributed by atoms with Gasteiger partial charge in [0, 0.05) is 11.9 Å². The molecule has 2 aromatic heterocycles. The van der Waals surface area contributed by atoms with E-state index in [4.69, 9.17) is 5.11 Å². The lowest BCUT2D eigenvalue weighted by molar-refractivity contribution is 0.0696. The highest BCUT2D eigenvalue weighted by Gasteiger charge is 2.27. The molecule has 0 spiro atoms. The molecule has 1 amide bonds. The first kappa shape index (κ1) is 16.9. The lowest BCUT2D eigenvalue weighted by atomic mass is 9.76. The van der Waals surface area contributed by atoms with Crippen LogP contribution in [0.5, 0.6) is 0 Å². The lowest BCUT2D eigenvalue weighted by Crippen LogP contribution is -2.30. The molecule has 0 unspecified atom stereocenters. The Kier molecular flexibility index (Phi) is 4.16. The highest BCUT2D eigenvalue weighted by atomic mass is 16.4. The number of hydrogen-bond acceptors (Lipinski definition) is 4. The van der Waals surface area contributed by atoms with Gasteiger partial charge in [0.15, 0.2) is 0 Å². The minimum Gasteiger partial charge on any atom is -0.478 e. The molecule has 3 N–H and O–H groups in total. The predicted octanol–water partition coefficient (Wildman–Crippen LogP) is 2.24. The first-order valence-electron chi connectivity index (χ1n) is 8.00. The Morgan fingerprint density at radius 2 is 2.04 bits per heavy atom. The Labute approximate surface area is 144 Å². The maximum absolute atomic E-state index is 12.4. The zero-order valence-electron chi connectivity index (χ0n) is 14.0. The summed E-state index contributed by atoms with van der Waals surface area (Å²) in [5, 5.41) is 11.5. The number of hydrogen-bond donors (Lipinski definition) is 3. The number of pyridine rings is 2. The normalized spacial score (nSPS) is 15.3. The third-order valence-corrected chi connectivity index (χ3v) is 4.43. The van der Waals surface area contributed by atoms with Gasteiger partial charge in [0.1, 0.15) is 5.56 Å². The van der Waals surface area contributed by atoms with Crippen molar-refractivity contribution in [2.24, 2.45) is 5.41 Å². The molecule has 3 rings (SSSR count). The summed E-state index contributed by atoms with van der Waals surface area (Å²) < 4.78 is 0. The maximum Gasteiger partial charge on any atom is 0.337 e. The molecule has 0 saturated carbocycles. The highest BCUT2D eigenvalue weighted by molar-refractivity contribution is 6.04. The molecule has 130 valence electrons. The van der Waals surface area contributed by atoms with Crippen molar-refractivity contribution in [3.05, 3.63) is 57.3 Å². The van der Waals surface area contributed by atoms with E-state index in [0.717, 1.165) is 30.5 Å². The fourth-order valence-corrected chi connectivity index (χ4v) is 3.02. The molecule has 0 aromatic carbocycles. The number of aromatic carboxylic acids is 1. The summed E-state index contributed by atoms with van der Waals surface area (Å²) in [4.78, 5) is 42.3. The van der Waals surface area contributed by atoms with Crippen molar-refractivity contribution >= 4 is 17.6 Å². The standard InChI is InChI=1S/C18H19N3O4/c1-18(2)4-3-10-6-13(16(23)21-14(10)7-18)15(22)20-12-5-11(17(24)25)8-19-9-12/h5-6,8-9H,3-4,7H2,1-2H3,(H,20,22)(H,21,23)(H,24,25). The van der Waals surface area contributed by atoms with E-state index in [-0.39, 0.29) is 22.2 Å². The largest absolute Gasteiger partial charge is 0.478 e. The molecule has 7 nitrogen and oxygen atoms in total. The number of fused-ring (bicyclic) bond motifs is 1. The molecule has 25 heavy (non-hydrogen) atoms. The van der Waals surface area contributed by atoms with Crippen molar-refractivity contribution in [2.45, 2.75) is 33.1 Å². The first-order valence-corrected chi connectivity index (χ1v) is 8.00. The van der Waals surface area contributed by atoms with Crippen LogP contribution in [0.1, 0.15) is 52.2 Å². The van der Waals surface area contributed by atoms with E-state index < -0.39 is 17.4 Å². The van der Waals surface area contributed by atoms with Gasteiger partial charge in [0.2, 0.25) is 0 Å². The van der Waals surface area contributed by atoms with Crippen LogP contribution < -0.4 is 10.9 Å². The van der Waals surface area contributed by atoms with Gasteiger partial charge in [0.25, 0.3) is 11.5 Å². The van der Waals surface area contributed by atoms with Crippen LogP contribution in [0.15, 0.2) is 29.3 Å². The summed E-state index contributed by atoms with van der Waals surface area (Å²) in [6.45, 7) is 4.30. The number of H-pyrrole nitrogens is 1. The van der Waals surface area contributed by atoms with Crippen LogP contribution in [0.25, 0.3) is 0 Å². The van der Waals surface area contributed by atoms with Crippen molar-refractivity contribution in [3.63, 3.8) is 0 Å². The van der Waals surface area contributed by atoms with Crippen LogP contribution in [0, 0.1) is 5.41 Å². The highest BCUT2D eigenvalue weighted by Crippen LogP contribution is 2.33. The Morgan fingerprint density at radius 1 is 1.28 bits per heavy atom. The van der Waals surface area contributed by atoms with Crippen molar-refractivity contribution < 1.29 is 14.7 Å². The molecule has 1 aliphatic rings. The average Bonchev–Trinajstić information content (AvgIpc) is 2.53. The van der Waals surface area contributed by atoms with E-state index >= 15 is 0 Å². The summed E-state index contributed by atoms with van der Waals surface area (Å²) in [5.74, 6) is -1.73. The summed E-state index contributed by atoms with van der Waals surface area (Å²) >= 11 is 0. The number of carbonyl (C=O) groups excluding carboxylic acids is 1. The second kappa shape index (κ2) is 6.16. The van der Waals surface area contributed by atoms with Crippen LogP contribution in [-0.2, 0) is 12.8 Å². The van der Waals surface area contributed by atoms with Crippen LogP contribution >= 0.6 is 0 Å². The van der Waals surface area contributed by atoms with Crippen LogP contribution in [0.2, 0.25) is 0 Å². The predicted molar refractivity (Wildman–Crippen MR) is 92.0 cm³/mol. The molecule has 0 fully saturated rings. The number of anilines is 1. The molecule has 0 atom stereocenters. The third kappa shape index (κ3) is 3.60. The summed E-state index contributed by atoms with van der Waals surface area (Å²) in [5.41, 5.74) is 1.73. The SMILES string of the molecule is CC1(C)CCc2cc(C(=O)Nc3cncc(C(=O)O)c3)c(=O)[nH]c2C1. The number of carbonyl (C=O) groups is 2. The van der Waals surface area contributed by atoms with Crippen LogP contribution in [0.4, 0.5) is 5.69 Å². The van der Waals surface area contributed by atoms with Gasteiger partial charge in [-0.05, 0) is 42.4 Å². The first-order chi connectivity index (χ1) is 11.7. The molecule has 2 aromatic rings. The smallest absolute Gasteiger partial charge is 0.337 e. The van der Waals surface area contributed by atoms with Gasteiger partial charge in [-0.15, -0.1) is 0 Å². The topological polar surface area (TPSA) is 112 Å². The second-order valence-corrected chi connectivity index (χ2v) is 7.08. The number of nitrogens with one attached hydrogen (secondary N) is 2. The van der Waals surface area contributed by atoms with Crippen molar-refractivity contribution in [3.8, 4) is 0 Å². The van der Waals surface area contributed by atoms with Crippen LogP contribution in [0.3, 0.4) is 0 Å². The fourth-order valence-electron chi connectivity index (χ4n) is 3.02. The van der Waals surface area contributed by atoms with Gasteiger partial charge in [-0.3, -0.25) is 14.6 Å². The number of aromatic amines is 1. The zero-order chi connectivity index (χ0) is 18.2. The molecule has 1 aliphatic carbocycles. The Balaban J connectivity index is 1.87. The lowest BCUT2D eigenvalue weighted by Gasteiger charge is -2.30. The van der Waals surface area contributed by atoms with E-state index in [0.29, 0.717) is 0 Å². The maximum atomic E-state index is 12.4. The van der Waals surface area contributed by atoms with Gasteiger partial charge < -0.3 is 15.4 Å². The van der Waals surface area contributed by atoms with Crippen molar-refractivity contribution in [1.29, 1.82) is 0 Å². The summed E-state index contributed by atoms with van der Waals surface area (Å²) in [6.07, 6.45) is 5.07. The molecule has 0 radical (unpaired) electrons. The molecule has 0 bridgehead atoms. The minimum absolute atomic E-state index is 0.0131. The summed E-state index contributed by atoms with van der Waals surface area (Å²) in [7, 11) is 0. The van der Waals surface area contributed by atoms with Gasteiger partial charge in [-0.1, -0.05) is 13.8 Å². The number of rotatable bonds is 3. The zero-order valence-corrected chi connectivity index (χ0v) is 14.0. The second-order valence-electron chi connectivity index (χ2n) is 7.08. The van der Waals surface area contributed by atoms with Crippen molar-refractivity contribution in [2.75, 3.05) is 5.32 Å². The molecular weight excluding hydrogens is 322 g/mol. The van der Waals surface area contributed by atoms with Gasteiger partial charge in [0.05, 0.1) is 17.4 Å². The molecule has 0 saturated heterocycles. The van der Waals surface area contributed by atoms with E-state index in [1.807, 2.05) is 0 Å². The van der Waals surface area contributed by atoms with Gasteiger partial charge in [-0.25, -0.2) is 4.79 Å². The fraction of sp³-hybridized carbons (Fsp3) is 0.333. The monoisotopic (exact) mass is 341 g/mol. The molecular formula is C18H19N3O4. The quantitative estimate of drug-likeness (QED) is 0.792. The van der Waals surface area contributed by atoms with Gasteiger partial charge >= 0.3 is 5.97 Å². The average molecular weight is 341 g/mol. The number of aromatic nitrogens is 2. The number of nitrogens with zero attached hydrogens (tertiary/aromatic N) is 1. The Hall–Kier alpha value is -2.96. The number of aryl methyl sites for hydroxylation is 1. The Morgan fingerprint density at radius 3 is 2.76 bits per heavy atom. The molecule has 0 aliphatic heterocycles. The van der Waals surface area contributed by atoms with Crippen molar-refractivity contribution in [1.82, 2.24) is 9.97 Å². The molecule has 2 heterocycles. The van der Waals surface area contributed by atoms with E-state index in [9.17, 15) is 14.4 Å². The Bertz CT molecular complexity index is 915. The molecule has 7 heteroatoms. The van der Waals surface area contributed by atoms with E-state index in [2.05, 4.69) is 29.1 Å². The summed E-state index contributed by atoms with van der Waals surface area (Å²) in [6, 6.07) is 2.93. The third-order valence-electron chi connectivity index (χ3n) is 4.43.